The quantitative estimate of drug-likeness (QED) is 0.269. The molecule has 1 aliphatic rings. The fourth-order valence-electron chi connectivity index (χ4n) is 5.56. The van der Waals surface area contributed by atoms with Gasteiger partial charge in [-0.25, -0.2) is 9.97 Å². The van der Waals surface area contributed by atoms with Gasteiger partial charge in [0.05, 0.1) is 24.2 Å². The van der Waals surface area contributed by atoms with Crippen LogP contribution in [-0.4, -0.2) is 22.2 Å². The molecule has 6 rings (SSSR count). The van der Waals surface area contributed by atoms with Gasteiger partial charge in [-0.15, -0.1) is 0 Å². The van der Waals surface area contributed by atoms with Gasteiger partial charge in [0.1, 0.15) is 22.8 Å². The van der Waals surface area contributed by atoms with E-state index in [-0.39, 0.29) is 11.2 Å². The number of fused-ring (bicyclic) bond motifs is 3. The van der Waals surface area contributed by atoms with Gasteiger partial charge in [0, 0.05) is 28.6 Å². The number of ether oxygens (including phenoxy) is 1. The molecule has 3 aromatic carbocycles. The Labute approximate surface area is 223 Å². The zero-order valence-corrected chi connectivity index (χ0v) is 22.4. The zero-order chi connectivity index (χ0) is 26.6. The summed E-state index contributed by atoms with van der Waals surface area (Å²) in [4.78, 5) is 11.9. The minimum atomic E-state index is -0.205. The van der Waals surface area contributed by atoms with Gasteiger partial charge in [0.2, 0.25) is 0 Å². The van der Waals surface area contributed by atoms with Crippen molar-refractivity contribution in [1.29, 1.82) is 0 Å². The first-order valence-corrected chi connectivity index (χ1v) is 13.0. The lowest BCUT2D eigenvalue weighted by molar-refractivity contribution is 0.419. The summed E-state index contributed by atoms with van der Waals surface area (Å²) in [7, 11) is 1.64. The Morgan fingerprint density at radius 2 is 1.66 bits per heavy atom. The Kier molecular flexibility index (Phi) is 5.60. The topological polar surface area (TPSA) is 58.5 Å². The highest BCUT2D eigenvalue weighted by atomic mass is 16.5. The van der Waals surface area contributed by atoms with Crippen LogP contribution in [0.25, 0.3) is 22.2 Å². The van der Waals surface area contributed by atoms with E-state index >= 15 is 0 Å². The first-order chi connectivity index (χ1) is 18.3. The van der Waals surface area contributed by atoms with Crippen molar-refractivity contribution in [3.8, 4) is 22.8 Å². The molecule has 0 radical (unpaired) electrons. The van der Waals surface area contributed by atoms with Crippen molar-refractivity contribution in [2.45, 2.75) is 39.0 Å². The Morgan fingerprint density at radius 1 is 0.868 bits per heavy atom. The van der Waals surface area contributed by atoms with Gasteiger partial charge in [-0.3, -0.25) is 4.90 Å². The van der Waals surface area contributed by atoms with E-state index in [4.69, 9.17) is 14.7 Å². The third-order valence-corrected chi connectivity index (χ3v) is 7.69. The van der Waals surface area contributed by atoms with Crippen LogP contribution in [0.1, 0.15) is 50.3 Å². The third kappa shape index (κ3) is 3.69. The van der Waals surface area contributed by atoms with E-state index in [1.165, 1.54) is 16.7 Å². The van der Waals surface area contributed by atoms with E-state index in [2.05, 4.69) is 87.2 Å². The van der Waals surface area contributed by atoms with Crippen molar-refractivity contribution in [3.05, 3.63) is 102 Å². The number of hydrogen-bond donors (Lipinski definition) is 1. The van der Waals surface area contributed by atoms with Crippen LogP contribution in [0.15, 0.2) is 85.1 Å². The number of para-hydroxylation sites is 2. The molecule has 0 unspecified atom stereocenters. The van der Waals surface area contributed by atoms with E-state index in [1.54, 1.807) is 19.2 Å². The molecule has 0 atom stereocenters. The summed E-state index contributed by atoms with van der Waals surface area (Å²) in [6.45, 7) is 8.95. The number of rotatable bonds is 4. The van der Waals surface area contributed by atoms with Crippen LogP contribution in [0.2, 0.25) is 0 Å². The van der Waals surface area contributed by atoms with Gasteiger partial charge in [0.25, 0.3) is 0 Å². The number of anilines is 3. The third-order valence-electron chi connectivity index (χ3n) is 7.69. The first-order valence-electron chi connectivity index (χ1n) is 13.0. The van der Waals surface area contributed by atoms with Gasteiger partial charge in [-0.05, 0) is 59.0 Å². The lowest BCUT2D eigenvalue weighted by atomic mass is 9.73. The number of benzene rings is 3. The van der Waals surface area contributed by atoms with E-state index in [0.29, 0.717) is 17.2 Å². The number of pyridine rings is 2. The number of phenols is 1. The van der Waals surface area contributed by atoms with Crippen molar-refractivity contribution < 1.29 is 9.84 Å². The Morgan fingerprint density at radius 3 is 2.45 bits per heavy atom. The van der Waals surface area contributed by atoms with Crippen molar-refractivity contribution in [1.82, 2.24) is 9.97 Å². The molecule has 0 spiro atoms. The second-order valence-corrected chi connectivity index (χ2v) is 10.7. The van der Waals surface area contributed by atoms with Crippen LogP contribution in [0.5, 0.6) is 11.5 Å². The molecule has 0 saturated carbocycles. The van der Waals surface area contributed by atoms with Crippen LogP contribution in [0.3, 0.4) is 0 Å². The SMILES string of the molecule is COc1cc(-c2ccc3c(c2)N(c2cc(C(C)C)ccn2)c2ccccc2C3(C)C)nc2c(O)cccc12. The molecule has 5 heteroatoms. The number of hydrogen-bond acceptors (Lipinski definition) is 5. The molecule has 3 heterocycles. The van der Waals surface area contributed by atoms with Gasteiger partial charge in [-0.2, -0.15) is 0 Å². The molecule has 1 aliphatic heterocycles. The normalized spacial score (nSPS) is 13.9. The molecule has 0 saturated heterocycles. The number of aromatic hydroxyl groups is 1. The molecular weight excluding hydrogens is 470 g/mol. The molecule has 2 aromatic heterocycles. The maximum absolute atomic E-state index is 10.6. The minimum absolute atomic E-state index is 0.131. The molecular formula is C33H31N3O2. The second kappa shape index (κ2) is 8.88. The van der Waals surface area contributed by atoms with Crippen molar-refractivity contribution in [2.24, 2.45) is 0 Å². The maximum Gasteiger partial charge on any atom is 0.141 e. The molecule has 5 aromatic rings. The van der Waals surface area contributed by atoms with Crippen molar-refractivity contribution in [2.75, 3.05) is 12.0 Å². The van der Waals surface area contributed by atoms with Crippen LogP contribution in [-0.2, 0) is 5.41 Å². The minimum Gasteiger partial charge on any atom is -0.506 e. The van der Waals surface area contributed by atoms with E-state index in [9.17, 15) is 5.11 Å². The fraction of sp³-hybridized carbons (Fsp3) is 0.212. The number of aromatic nitrogens is 2. The van der Waals surface area contributed by atoms with Crippen LogP contribution in [0, 0.1) is 0 Å². The van der Waals surface area contributed by atoms with E-state index in [1.807, 2.05) is 18.3 Å². The number of methoxy groups -OCH3 is 1. The molecule has 0 bridgehead atoms. The largest absolute Gasteiger partial charge is 0.506 e. The summed E-state index contributed by atoms with van der Waals surface area (Å²) < 4.78 is 5.69. The first kappa shape index (κ1) is 24.0. The Hall–Kier alpha value is -4.38. The molecule has 38 heavy (non-hydrogen) atoms. The second-order valence-electron chi connectivity index (χ2n) is 10.7. The molecule has 190 valence electrons. The fourth-order valence-corrected chi connectivity index (χ4v) is 5.56. The highest BCUT2D eigenvalue weighted by Crippen LogP contribution is 2.52. The van der Waals surface area contributed by atoms with Gasteiger partial charge < -0.3 is 9.84 Å². The van der Waals surface area contributed by atoms with Gasteiger partial charge in [0.15, 0.2) is 0 Å². The average Bonchev–Trinajstić information content (AvgIpc) is 2.93. The summed E-state index contributed by atoms with van der Waals surface area (Å²) in [5, 5.41) is 11.3. The van der Waals surface area contributed by atoms with Crippen LogP contribution in [0.4, 0.5) is 17.2 Å². The van der Waals surface area contributed by atoms with Crippen LogP contribution < -0.4 is 9.64 Å². The predicted molar refractivity (Wildman–Crippen MR) is 154 cm³/mol. The van der Waals surface area contributed by atoms with Crippen LogP contribution >= 0.6 is 0 Å². The summed E-state index contributed by atoms with van der Waals surface area (Å²) in [6.07, 6.45) is 1.90. The van der Waals surface area contributed by atoms with E-state index in [0.717, 1.165) is 33.8 Å². The lowest BCUT2D eigenvalue weighted by Gasteiger charge is -2.41. The summed E-state index contributed by atoms with van der Waals surface area (Å²) >= 11 is 0. The number of phenolic OH excluding ortho intramolecular Hbond substituents is 1. The lowest BCUT2D eigenvalue weighted by Crippen LogP contribution is -2.31. The molecule has 0 aliphatic carbocycles. The predicted octanol–water partition coefficient (Wildman–Crippen LogP) is 8.24. The van der Waals surface area contributed by atoms with Gasteiger partial charge >= 0.3 is 0 Å². The molecule has 5 nitrogen and oxygen atoms in total. The maximum atomic E-state index is 10.6. The number of nitrogens with zero attached hydrogens (tertiary/aromatic N) is 3. The van der Waals surface area contributed by atoms with Crippen molar-refractivity contribution in [3.63, 3.8) is 0 Å². The molecule has 0 fully saturated rings. The highest BCUT2D eigenvalue weighted by molar-refractivity contribution is 5.93. The molecule has 0 amide bonds. The van der Waals surface area contributed by atoms with Crippen molar-refractivity contribution >= 4 is 28.1 Å². The highest BCUT2D eigenvalue weighted by Gasteiger charge is 2.37. The summed E-state index contributed by atoms with van der Waals surface area (Å²) in [5.41, 5.74) is 7.89. The summed E-state index contributed by atoms with van der Waals surface area (Å²) in [5.74, 6) is 2.08. The monoisotopic (exact) mass is 501 g/mol. The Bertz CT molecular complexity index is 1690. The summed E-state index contributed by atoms with van der Waals surface area (Å²) in [6, 6.07) is 26.6. The molecule has 1 N–H and O–H groups in total. The smallest absolute Gasteiger partial charge is 0.141 e. The van der Waals surface area contributed by atoms with E-state index < -0.39 is 0 Å². The zero-order valence-electron chi connectivity index (χ0n) is 22.4. The standard InChI is InChI=1S/C33H31N3O2/c1-20(2)21-15-16-34-31(18-21)36-27-11-7-6-10-24(27)33(3,4)25-14-13-22(17-28(25)36)26-19-30(38-5)23-9-8-12-29(37)32(23)35-26/h6-20,37H,1-5H3. The Balaban J connectivity index is 1.61. The van der Waals surface area contributed by atoms with Gasteiger partial charge in [-0.1, -0.05) is 64.1 Å². The average molecular weight is 502 g/mol.